The maximum Gasteiger partial charge on any atom is 0.227 e. The summed E-state index contributed by atoms with van der Waals surface area (Å²) in [6.45, 7) is 12.2. The highest BCUT2D eigenvalue weighted by atomic mass is 16.2. The first-order chi connectivity index (χ1) is 14.2. The van der Waals surface area contributed by atoms with Gasteiger partial charge in [-0.2, -0.15) is 0 Å². The molecule has 3 rings (SSSR count). The number of amides is 2. The first kappa shape index (κ1) is 22.8. The van der Waals surface area contributed by atoms with Crippen LogP contribution >= 0.6 is 0 Å². The fraction of sp³-hybridized carbons (Fsp3) is 0.680. The van der Waals surface area contributed by atoms with Crippen LogP contribution in [0.15, 0.2) is 24.3 Å². The van der Waals surface area contributed by atoms with E-state index in [0.29, 0.717) is 19.1 Å². The van der Waals surface area contributed by atoms with E-state index in [-0.39, 0.29) is 17.7 Å². The van der Waals surface area contributed by atoms with Crippen molar-refractivity contribution in [2.24, 2.45) is 11.3 Å². The highest BCUT2D eigenvalue weighted by Gasteiger charge is 2.33. The Balaban J connectivity index is 1.48. The van der Waals surface area contributed by atoms with Gasteiger partial charge in [-0.25, -0.2) is 0 Å². The Bertz CT molecular complexity index is 723. The summed E-state index contributed by atoms with van der Waals surface area (Å²) in [6.07, 6.45) is 5.69. The van der Waals surface area contributed by atoms with Crippen LogP contribution in [0.1, 0.15) is 70.9 Å². The van der Waals surface area contributed by atoms with Gasteiger partial charge < -0.3 is 10.2 Å². The third-order valence-corrected chi connectivity index (χ3v) is 6.54. The molecule has 5 heteroatoms. The van der Waals surface area contributed by atoms with Gasteiger partial charge in [-0.1, -0.05) is 51.5 Å². The number of likely N-dealkylation sites (tertiary alicyclic amines) is 2. The summed E-state index contributed by atoms with van der Waals surface area (Å²) in [4.78, 5) is 29.7. The number of carbonyl (C=O) groups excluding carboxylic acids is 2. The average Bonchev–Trinajstić information content (AvgIpc) is 2.73. The number of nitrogens with zero attached hydrogens (tertiary/aromatic N) is 2. The maximum atomic E-state index is 12.7. The van der Waals surface area contributed by atoms with Crippen molar-refractivity contribution in [1.82, 2.24) is 15.1 Å². The van der Waals surface area contributed by atoms with Crippen molar-refractivity contribution in [3.05, 3.63) is 35.4 Å². The van der Waals surface area contributed by atoms with Crippen LogP contribution in [0.3, 0.4) is 0 Å². The lowest BCUT2D eigenvalue weighted by molar-refractivity contribution is -0.142. The highest BCUT2D eigenvalue weighted by Crippen LogP contribution is 2.24. The fourth-order valence-corrected chi connectivity index (χ4v) is 4.57. The Kier molecular flexibility index (Phi) is 7.56. The lowest BCUT2D eigenvalue weighted by atomic mass is 9.91. The van der Waals surface area contributed by atoms with E-state index in [1.54, 1.807) is 0 Å². The van der Waals surface area contributed by atoms with E-state index in [9.17, 15) is 9.59 Å². The third-order valence-electron chi connectivity index (χ3n) is 6.54. The predicted molar refractivity (Wildman–Crippen MR) is 121 cm³/mol. The normalized spacial score (nSPS) is 23.3. The molecule has 2 unspecified atom stereocenters. The molecule has 0 spiro atoms. The molecule has 1 aromatic carbocycles. The van der Waals surface area contributed by atoms with Gasteiger partial charge in [-0.15, -0.1) is 0 Å². The lowest BCUT2D eigenvalue weighted by Gasteiger charge is -2.35. The Morgan fingerprint density at radius 3 is 2.37 bits per heavy atom. The summed E-state index contributed by atoms with van der Waals surface area (Å²) in [5.41, 5.74) is 2.06. The molecule has 2 amide bonds. The zero-order chi connectivity index (χ0) is 21.7. The molecule has 2 atom stereocenters. The Morgan fingerprint density at radius 1 is 1.00 bits per heavy atom. The van der Waals surface area contributed by atoms with Crippen LogP contribution in [-0.4, -0.2) is 47.3 Å². The van der Waals surface area contributed by atoms with Gasteiger partial charge in [0, 0.05) is 37.6 Å². The minimum atomic E-state index is -0.397. The molecule has 0 aromatic heterocycles. The van der Waals surface area contributed by atoms with Gasteiger partial charge in [-0.05, 0) is 50.3 Å². The Hall–Kier alpha value is -1.88. The molecule has 0 bridgehead atoms. The van der Waals surface area contributed by atoms with Crippen LogP contribution in [0.4, 0.5) is 0 Å². The zero-order valence-electron chi connectivity index (χ0n) is 19.2. The first-order valence-corrected chi connectivity index (χ1v) is 11.6. The molecule has 2 aliphatic rings. The van der Waals surface area contributed by atoms with Crippen molar-refractivity contribution < 1.29 is 9.59 Å². The van der Waals surface area contributed by atoms with E-state index < -0.39 is 5.41 Å². The molecular weight excluding hydrogens is 374 g/mol. The first-order valence-electron chi connectivity index (χ1n) is 11.6. The minimum Gasteiger partial charge on any atom is -0.352 e. The van der Waals surface area contributed by atoms with Gasteiger partial charge >= 0.3 is 0 Å². The zero-order valence-corrected chi connectivity index (χ0v) is 19.2. The predicted octanol–water partition coefficient (Wildman–Crippen LogP) is 3.96. The topological polar surface area (TPSA) is 52.7 Å². The van der Waals surface area contributed by atoms with Crippen molar-refractivity contribution in [3.63, 3.8) is 0 Å². The molecule has 1 aromatic rings. The van der Waals surface area contributed by atoms with Gasteiger partial charge in [0.1, 0.15) is 0 Å². The molecule has 2 fully saturated rings. The van der Waals surface area contributed by atoms with E-state index in [2.05, 4.69) is 41.4 Å². The summed E-state index contributed by atoms with van der Waals surface area (Å²) < 4.78 is 0. The summed E-state index contributed by atoms with van der Waals surface area (Å²) in [5, 5.41) is 3.09. The van der Waals surface area contributed by atoms with Gasteiger partial charge in [0.15, 0.2) is 0 Å². The van der Waals surface area contributed by atoms with E-state index in [1.165, 1.54) is 31.4 Å². The molecular formula is C25H39N3O2. The van der Waals surface area contributed by atoms with Crippen LogP contribution < -0.4 is 5.32 Å². The third kappa shape index (κ3) is 6.07. The van der Waals surface area contributed by atoms with Crippen molar-refractivity contribution in [2.45, 2.75) is 78.9 Å². The molecule has 0 saturated carbocycles. The summed E-state index contributed by atoms with van der Waals surface area (Å²) in [7, 11) is 0. The standard InChI is InChI=1S/C25H39N3O2/c1-19-8-5-6-14-27(19)17-21-12-10-20(11-13-21)16-26-23(29)22-9-7-15-28(18-22)24(30)25(2,3)4/h10-13,19,22H,5-9,14-18H2,1-4H3,(H,26,29). The Labute approximate surface area is 182 Å². The molecule has 30 heavy (non-hydrogen) atoms. The summed E-state index contributed by atoms with van der Waals surface area (Å²) in [6, 6.07) is 9.29. The molecule has 2 saturated heterocycles. The molecule has 0 aliphatic carbocycles. The summed E-state index contributed by atoms with van der Waals surface area (Å²) in [5.74, 6) is 0.0937. The number of nitrogens with one attached hydrogen (secondary N) is 1. The molecule has 2 heterocycles. The number of carbonyl (C=O) groups is 2. The SMILES string of the molecule is CC1CCCCN1Cc1ccc(CNC(=O)C2CCCN(C(=O)C(C)(C)C)C2)cc1. The fourth-order valence-electron chi connectivity index (χ4n) is 4.57. The van der Waals surface area contributed by atoms with E-state index in [1.807, 2.05) is 25.7 Å². The van der Waals surface area contributed by atoms with Gasteiger partial charge in [0.25, 0.3) is 0 Å². The van der Waals surface area contributed by atoms with Crippen molar-refractivity contribution in [3.8, 4) is 0 Å². The second kappa shape index (κ2) is 9.95. The molecule has 1 N–H and O–H groups in total. The average molecular weight is 414 g/mol. The Morgan fingerprint density at radius 2 is 1.70 bits per heavy atom. The van der Waals surface area contributed by atoms with Crippen molar-refractivity contribution >= 4 is 11.8 Å². The second-order valence-electron chi connectivity index (χ2n) is 10.2. The minimum absolute atomic E-state index is 0.0626. The summed E-state index contributed by atoms with van der Waals surface area (Å²) >= 11 is 0. The molecule has 166 valence electrons. The van der Waals surface area contributed by atoms with Crippen LogP contribution in [-0.2, 0) is 22.7 Å². The van der Waals surface area contributed by atoms with Crippen LogP contribution in [0.2, 0.25) is 0 Å². The largest absolute Gasteiger partial charge is 0.352 e. The highest BCUT2D eigenvalue weighted by molar-refractivity contribution is 5.83. The number of rotatable bonds is 5. The van der Waals surface area contributed by atoms with E-state index >= 15 is 0 Å². The lowest BCUT2D eigenvalue weighted by Crippen LogP contribution is -2.48. The van der Waals surface area contributed by atoms with Gasteiger partial charge in [-0.3, -0.25) is 14.5 Å². The van der Waals surface area contributed by atoms with Gasteiger partial charge in [0.2, 0.25) is 11.8 Å². The molecule has 0 radical (unpaired) electrons. The quantitative estimate of drug-likeness (QED) is 0.795. The number of hydrogen-bond donors (Lipinski definition) is 1. The van der Waals surface area contributed by atoms with Gasteiger partial charge in [0.05, 0.1) is 5.92 Å². The van der Waals surface area contributed by atoms with E-state index in [4.69, 9.17) is 0 Å². The monoisotopic (exact) mass is 413 g/mol. The molecule has 5 nitrogen and oxygen atoms in total. The smallest absolute Gasteiger partial charge is 0.227 e. The van der Waals surface area contributed by atoms with Crippen molar-refractivity contribution in [1.29, 1.82) is 0 Å². The van der Waals surface area contributed by atoms with E-state index in [0.717, 1.165) is 31.5 Å². The second-order valence-corrected chi connectivity index (χ2v) is 10.2. The number of piperidine rings is 2. The van der Waals surface area contributed by atoms with Crippen LogP contribution in [0, 0.1) is 11.3 Å². The van der Waals surface area contributed by atoms with Crippen LogP contribution in [0.5, 0.6) is 0 Å². The number of hydrogen-bond acceptors (Lipinski definition) is 3. The van der Waals surface area contributed by atoms with Crippen LogP contribution in [0.25, 0.3) is 0 Å². The maximum absolute atomic E-state index is 12.7. The number of benzene rings is 1. The molecule has 2 aliphatic heterocycles. The van der Waals surface area contributed by atoms with Crippen molar-refractivity contribution in [2.75, 3.05) is 19.6 Å².